The maximum Gasteiger partial charge on any atom is 0.0847 e. The Labute approximate surface area is 117 Å². The lowest BCUT2D eigenvalue weighted by Crippen LogP contribution is -2.15. The molecule has 0 bridgehead atoms. The third-order valence-corrected chi connectivity index (χ3v) is 3.68. The van der Waals surface area contributed by atoms with Gasteiger partial charge in [-0.25, -0.2) is 0 Å². The molecule has 0 aliphatic heterocycles. The number of aryl methyl sites for hydroxylation is 2. The molecule has 1 atom stereocenters. The molecule has 0 aliphatic carbocycles. The van der Waals surface area contributed by atoms with E-state index in [1.807, 2.05) is 38.2 Å². The van der Waals surface area contributed by atoms with Crippen LogP contribution in [0, 0.1) is 6.92 Å². The SMILES string of the molecule is Cc1nn(C)c(CC(N)c2cccc(Cl)c2)c1Cl. The number of nitrogens with two attached hydrogens (primary N) is 1. The molecule has 0 saturated heterocycles. The van der Waals surface area contributed by atoms with Gasteiger partial charge in [-0.15, -0.1) is 0 Å². The van der Waals surface area contributed by atoms with E-state index in [0.29, 0.717) is 16.5 Å². The van der Waals surface area contributed by atoms with Gasteiger partial charge in [-0.3, -0.25) is 4.68 Å². The Kier molecular flexibility index (Phi) is 3.95. The highest BCUT2D eigenvalue weighted by Crippen LogP contribution is 2.25. The van der Waals surface area contributed by atoms with Crippen molar-refractivity contribution in [1.29, 1.82) is 0 Å². The molecule has 18 heavy (non-hydrogen) atoms. The van der Waals surface area contributed by atoms with Crippen LogP contribution in [-0.4, -0.2) is 9.78 Å². The highest BCUT2D eigenvalue weighted by molar-refractivity contribution is 6.32. The van der Waals surface area contributed by atoms with Crippen molar-refractivity contribution in [2.75, 3.05) is 0 Å². The minimum Gasteiger partial charge on any atom is -0.324 e. The molecule has 1 unspecified atom stereocenters. The zero-order valence-corrected chi connectivity index (χ0v) is 11.8. The van der Waals surface area contributed by atoms with Crippen LogP contribution in [0.4, 0.5) is 0 Å². The first-order valence-corrected chi connectivity index (χ1v) is 6.43. The Morgan fingerprint density at radius 3 is 2.67 bits per heavy atom. The first-order valence-electron chi connectivity index (χ1n) is 5.68. The summed E-state index contributed by atoms with van der Waals surface area (Å²) in [5, 5.41) is 5.66. The van der Waals surface area contributed by atoms with E-state index in [1.54, 1.807) is 4.68 Å². The average molecular weight is 284 g/mol. The maximum atomic E-state index is 6.21. The quantitative estimate of drug-likeness (QED) is 0.940. The second-order valence-electron chi connectivity index (χ2n) is 4.34. The van der Waals surface area contributed by atoms with Gasteiger partial charge in [0.15, 0.2) is 0 Å². The van der Waals surface area contributed by atoms with Crippen LogP contribution >= 0.6 is 23.2 Å². The molecule has 3 nitrogen and oxygen atoms in total. The van der Waals surface area contributed by atoms with Gasteiger partial charge >= 0.3 is 0 Å². The number of nitrogens with zero attached hydrogens (tertiary/aromatic N) is 2. The fraction of sp³-hybridized carbons (Fsp3) is 0.308. The van der Waals surface area contributed by atoms with Crippen molar-refractivity contribution in [2.45, 2.75) is 19.4 Å². The Bertz CT molecular complexity index is 563. The van der Waals surface area contributed by atoms with Crippen molar-refractivity contribution >= 4 is 23.2 Å². The summed E-state index contributed by atoms with van der Waals surface area (Å²) in [6, 6.07) is 7.43. The van der Waals surface area contributed by atoms with Crippen molar-refractivity contribution in [3.05, 3.63) is 51.3 Å². The molecule has 1 aromatic heterocycles. The van der Waals surface area contributed by atoms with Crippen LogP contribution in [0.25, 0.3) is 0 Å². The topological polar surface area (TPSA) is 43.8 Å². The molecular weight excluding hydrogens is 269 g/mol. The minimum atomic E-state index is -0.143. The van der Waals surface area contributed by atoms with Crippen LogP contribution in [0.1, 0.15) is 23.0 Å². The van der Waals surface area contributed by atoms with E-state index in [0.717, 1.165) is 17.0 Å². The zero-order chi connectivity index (χ0) is 13.3. The molecule has 1 aromatic carbocycles. The third-order valence-electron chi connectivity index (χ3n) is 2.95. The first kappa shape index (κ1) is 13.4. The molecule has 0 saturated carbocycles. The minimum absolute atomic E-state index is 0.143. The highest BCUT2D eigenvalue weighted by atomic mass is 35.5. The molecule has 1 heterocycles. The van der Waals surface area contributed by atoms with Gasteiger partial charge in [0.2, 0.25) is 0 Å². The van der Waals surface area contributed by atoms with Crippen LogP contribution in [-0.2, 0) is 13.5 Å². The summed E-state index contributed by atoms with van der Waals surface area (Å²) in [5.41, 5.74) is 8.95. The number of aromatic nitrogens is 2. The summed E-state index contributed by atoms with van der Waals surface area (Å²) in [4.78, 5) is 0. The van der Waals surface area contributed by atoms with Gasteiger partial charge < -0.3 is 5.73 Å². The van der Waals surface area contributed by atoms with Crippen molar-refractivity contribution < 1.29 is 0 Å². The Morgan fingerprint density at radius 1 is 1.39 bits per heavy atom. The summed E-state index contributed by atoms with van der Waals surface area (Å²) in [7, 11) is 1.87. The number of benzene rings is 1. The summed E-state index contributed by atoms with van der Waals surface area (Å²) in [6.45, 7) is 1.89. The van der Waals surface area contributed by atoms with Gasteiger partial charge in [0.1, 0.15) is 0 Å². The molecule has 0 fully saturated rings. The van der Waals surface area contributed by atoms with E-state index in [2.05, 4.69) is 5.10 Å². The lowest BCUT2D eigenvalue weighted by Gasteiger charge is -2.13. The predicted molar refractivity (Wildman–Crippen MR) is 75.0 cm³/mol. The molecule has 2 aromatic rings. The summed E-state index contributed by atoms with van der Waals surface area (Å²) < 4.78 is 1.78. The second kappa shape index (κ2) is 5.31. The predicted octanol–water partition coefficient (Wildman–Crippen LogP) is 3.28. The molecule has 0 radical (unpaired) electrons. The van der Waals surface area contributed by atoms with E-state index in [1.165, 1.54) is 0 Å². The zero-order valence-electron chi connectivity index (χ0n) is 10.3. The molecule has 2 rings (SSSR count). The second-order valence-corrected chi connectivity index (χ2v) is 5.15. The molecule has 2 N–H and O–H groups in total. The van der Waals surface area contributed by atoms with E-state index < -0.39 is 0 Å². The maximum absolute atomic E-state index is 6.21. The smallest absolute Gasteiger partial charge is 0.0847 e. The number of rotatable bonds is 3. The van der Waals surface area contributed by atoms with Gasteiger partial charge in [0, 0.05) is 24.5 Å². The Balaban J connectivity index is 2.24. The van der Waals surface area contributed by atoms with Crippen LogP contribution in [0.5, 0.6) is 0 Å². The van der Waals surface area contributed by atoms with Crippen molar-refractivity contribution in [1.82, 2.24) is 9.78 Å². The fourth-order valence-corrected chi connectivity index (χ4v) is 2.40. The van der Waals surface area contributed by atoms with Gasteiger partial charge in [0.05, 0.1) is 16.4 Å². The monoisotopic (exact) mass is 283 g/mol. The van der Waals surface area contributed by atoms with Crippen LogP contribution in [0.15, 0.2) is 24.3 Å². The van der Waals surface area contributed by atoms with E-state index >= 15 is 0 Å². The van der Waals surface area contributed by atoms with Crippen molar-refractivity contribution in [2.24, 2.45) is 12.8 Å². The summed E-state index contributed by atoms with van der Waals surface area (Å²) in [5.74, 6) is 0. The molecule has 0 spiro atoms. The number of hydrogen-bond donors (Lipinski definition) is 1. The van der Waals surface area contributed by atoms with Crippen molar-refractivity contribution in [3.63, 3.8) is 0 Å². The average Bonchev–Trinajstić information content (AvgIpc) is 2.56. The molecule has 5 heteroatoms. The molecule has 0 amide bonds. The fourth-order valence-electron chi connectivity index (χ4n) is 1.97. The van der Waals surface area contributed by atoms with E-state index in [-0.39, 0.29) is 6.04 Å². The molecular formula is C13H15Cl2N3. The van der Waals surface area contributed by atoms with Gasteiger partial charge in [0.25, 0.3) is 0 Å². The van der Waals surface area contributed by atoms with Gasteiger partial charge in [-0.05, 0) is 24.6 Å². The van der Waals surface area contributed by atoms with Crippen LogP contribution in [0.3, 0.4) is 0 Å². The lowest BCUT2D eigenvalue weighted by atomic mass is 10.0. The number of halogens is 2. The standard InChI is InChI=1S/C13H15Cl2N3/c1-8-13(15)12(18(2)17-8)7-11(16)9-4-3-5-10(14)6-9/h3-6,11H,7,16H2,1-2H3. The molecule has 96 valence electrons. The van der Waals surface area contributed by atoms with E-state index in [4.69, 9.17) is 28.9 Å². The Morgan fingerprint density at radius 2 is 2.11 bits per heavy atom. The van der Waals surface area contributed by atoms with Gasteiger partial charge in [-0.1, -0.05) is 35.3 Å². The van der Waals surface area contributed by atoms with Crippen LogP contribution in [0.2, 0.25) is 10.0 Å². The largest absolute Gasteiger partial charge is 0.324 e. The van der Waals surface area contributed by atoms with E-state index in [9.17, 15) is 0 Å². The van der Waals surface area contributed by atoms with Gasteiger partial charge in [-0.2, -0.15) is 5.10 Å². The highest BCUT2D eigenvalue weighted by Gasteiger charge is 2.15. The van der Waals surface area contributed by atoms with Crippen molar-refractivity contribution in [3.8, 4) is 0 Å². The molecule has 0 aliphatic rings. The van der Waals surface area contributed by atoms with Crippen LogP contribution < -0.4 is 5.73 Å². The Hall–Kier alpha value is -1.03. The summed E-state index contributed by atoms with van der Waals surface area (Å²) >= 11 is 12.2. The number of hydrogen-bond acceptors (Lipinski definition) is 2. The first-order chi connectivity index (χ1) is 8.49. The summed E-state index contributed by atoms with van der Waals surface area (Å²) in [6.07, 6.45) is 0.635. The normalized spacial score (nSPS) is 12.7. The lowest BCUT2D eigenvalue weighted by molar-refractivity contribution is 0.640. The third kappa shape index (κ3) is 2.69.